The Hall–Kier alpha value is -1.69. The molecule has 2 N–H and O–H groups in total. The number of hydrogen-bond donors (Lipinski definition) is 2. The molecule has 18 heavy (non-hydrogen) atoms. The van der Waals surface area contributed by atoms with Gasteiger partial charge < -0.3 is 10.4 Å². The second kappa shape index (κ2) is 4.53. The monoisotopic (exact) mass is 247 g/mol. The molecule has 0 aliphatic heterocycles. The molecule has 2 aromatic heterocycles. The second-order valence-electron chi connectivity index (χ2n) is 4.86. The van der Waals surface area contributed by atoms with E-state index in [4.69, 9.17) is 0 Å². The highest BCUT2D eigenvalue weighted by Gasteiger charge is 2.24. The van der Waals surface area contributed by atoms with Crippen molar-refractivity contribution in [2.24, 2.45) is 5.92 Å². The van der Waals surface area contributed by atoms with Gasteiger partial charge >= 0.3 is 0 Å². The quantitative estimate of drug-likeness (QED) is 0.846. The number of hydrogen-bond acceptors (Lipinski definition) is 5. The van der Waals surface area contributed by atoms with E-state index in [0.29, 0.717) is 11.7 Å². The van der Waals surface area contributed by atoms with Crippen molar-refractivity contribution in [3.8, 4) is 0 Å². The Bertz CT molecular complexity index is 552. The molecular formula is C12H17N5O. The van der Waals surface area contributed by atoms with Gasteiger partial charge in [-0.2, -0.15) is 0 Å². The van der Waals surface area contributed by atoms with Crippen molar-refractivity contribution in [2.75, 3.05) is 11.9 Å². The lowest BCUT2D eigenvalue weighted by molar-refractivity contribution is 0.138. The van der Waals surface area contributed by atoms with Gasteiger partial charge in [0.05, 0.1) is 6.10 Å². The van der Waals surface area contributed by atoms with Gasteiger partial charge in [-0.15, -0.1) is 14.8 Å². The van der Waals surface area contributed by atoms with Gasteiger partial charge in [0.15, 0.2) is 5.65 Å². The highest BCUT2D eigenvalue weighted by atomic mass is 16.3. The molecule has 0 unspecified atom stereocenters. The second-order valence-corrected chi connectivity index (χ2v) is 4.86. The Labute approximate surface area is 105 Å². The first-order valence-corrected chi connectivity index (χ1v) is 6.35. The van der Waals surface area contributed by atoms with Crippen LogP contribution in [-0.2, 0) is 0 Å². The Balaban J connectivity index is 1.70. The molecule has 2 atom stereocenters. The lowest BCUT2D eigenvalue weighted by Gasteiger charge is -2.15. The van der Waals surface area contributed by atoms with Gasteiger partial charge in [0.2, 0.25) is 0 Å². The third kappa shape index (κ3) is 2.15. The number of nitrogens with zero attached hydrogens (tertiary/aromatic N) is 4. The van der Waals surface area contributed by atoms with Gasteiger partial charge in [-0.1, -0.05) is 6.42 Å². The van der Waals surface area contributed by atoms with Gasteiger partial charge in [-0.3, -0.25) is 0 Å². The van der Waals surface area contributed by atoms with Crippen LogP contribution in [0.2, 0.25) is 0 Å². The largest absolute Gasteiger partial charge is 0.393 e. The van der Waals surface area contributed by atoms with Crippen LogP contribution in [0.1, 0.15) is 25.1 Å². The minimum absolute atomic E-state index is 0.171. The lowest BCUT2D eigenvalue weighted by atomic mass is 10.1. The molecule has 96 valence electrons. The first-order valence-electron chi connectivity index (χ1n) is 6.35. The maximum absolute atomic E-state index is 9.75. The highest BCUT2D eigenvalue weighted by molar-refractivity contribution is 5.43. The summed E-state index contributed by atoms with van der Waals surface area (Å²) in [5, 5.41) is 21.5. The van der Waals surface area contributed by atoms with Crippen molar-refractivity contribution in [2.45, 2.75) is 32.3 Å². The van der Waals surface area contributed by atoms with Crippen LogP contribution in [0.3, 0.4) is 0 Å². The molecule has 3 rings (SSSR count). The fourth-order valence-electron chi connectivity index (χ4n) is 2.47. The van der Waals surface area contributed by atoms with E-state index in [1.807, 2.05) is 19.1 Å². The van der Waals surface area contributed by atoms with E-state index in [1.165, 1.54) is 4.63 Å². The maximum Gasteiger partial charge on any atom is 0.176 e. The number of aliphatic hydroxyl groups excluding tert-OH is 1. The van der Waals surface area contributed by atoms with E-state index in [1.54, 1.807) is 0 Å². The number of rotatable bonds is 3. The maximum atomic E-state index is 9.75. The summed E-state index contributed by atoms with van der Waals surface area (Å²) in [6.45, 7) is 2.60. The molecule has 1 fully saturated rings. The van der Waals surface area contributed by atoms with Crippen LogP contribution in [0, 0.1) is 12.8 Å². The average Bonchev–Trinajstić information content (AvgIpc) is 2.90. The molecule has 2 aromatic rings. The van der Waals surface area contributed by atoms with Crippen LogP contribution in [0.25, 0.3) is 5.65 Å². The fraction of sp³-hybridized carbons (Fsp3) is 0.583. The van der Waals surface area contributed by atoms with Gasteiger partial charge in [-0.05, 0) is 31.9 Å². The van der Waals surface area contributed by atoms with Crippen molar-refractivity contribution < 1.29 is 5.11 Å². The van der Waals surface area contributed by atoms with E-state index in [-0.39, 0.29) is 6.10 Å². The molecule has 0 amide bonds. The molecule has 1 saturated carbocycles. The Morgan fingerprint density at radius 1 is 1.39 bits per heavy atom. The highest BCUT2D eigenvalue weighted by Crippen LogP contribution is 2.25. The zero-order chi connectivity index (χ0) is 12.5. The first-order chi connectivity index (χ1) is 8.72. The molecule has 6 nitrogen and oxygen atoms in total. The summed E-state index contributed by atoms with van der Waals surface area (Å²) in [7, 11) is 0. The number of aliphatic hydroxyl groups is 1. The summed E-state index contributed by atoms with van der Waals surface area (Å²) in [6.07, 6.45) is 2.94. The number of anilines is 1. The van der Waals surface area contributed by atoms with Crippen molar-refractivity contribution in [1.29, 1.82) is 0 Å². The number of nitrogens with one attached hydrogen (secondary N) is 1. The average molecular weight is 247 g/mol. The molecule has 1 aliphatic carbocycles. The van der Waals surface area contributed by atoms with Crippen LogP contribution in [0.5, 0.6) is 0 Å². The fourth-order valence-corrected chi connectivity index (χ4v) is 2.47. The summed E-state index contributed by atoms with van der Waals surface area (Å²) in [5.74, 6) is 1.82. The number of aromatic nitrogens is 4. The van der Waals surface area contributed by atoms with E-state index < -0.39 is 0 Å². The third-order valence-corrected chi connectivity index (χ3v) is 3.48. The predicted molar refractivity (Wildman–Crippen MR) is 67.4 cm³/mol. The number of aryl methyl sites for hydroxylation is 1. The third-order valence-electron chi connectivity index (χ3n) is 3.48. The lowest BCUT2D eigenvalue weighted by Crippen LogP contribution is -2.22. The smallest absolute Gasteiger partial charge is 0.176 e. The van der Waals surface area contributed by atoms with E-state index in [0.717, 1.165) is 37.3 Å². The normalized spacial score (nSPS) is 23.7. The molecule has 6 heteroatoms. The summed E-state index contributed by atoms with van der Waals surface area (Å²) in [5.41, 5.74) is 0.749. The molecule has 2 heterocycles. The Kier molecular flexibility index (Phi) is 2.87. The molecule has 0 spiro atoms. The Morgan fingerprint density at radius 2 is 2.28 bits per heavy atom. The minimum Gasteiger partial charge on any atom is -0.393 e. The zero-order valence-electron chi connectivity index (χ0n) is 10.4. The Morgan fingerprint density at radius 3 is 3.06 bits per heavy atom. The zero-order valence-corrected chi connectivity index (χ0v) is 10.4. The standard InChI is InChI=1S/C12H17N5O/c1-8-14-12-6-5-11(16-17(12)15-8)13-7-9-3-2-4-10(9)18/h5-6,9-10,18H,2-4,7H2,1H3,(H,13,16)/t9-,10+/m0/s1. The van der Waals surface area contributed by atoms with Crippen LogP contribution >= 0.6 is 0 Å². The van der Waals surface area contributed by atoms with E-state index in [9.17, 15) is 5.11 Å². The van der Waals surface area contributed by atoms with Crippen molar-refractivity contribution in [3.63, 3.8) is 0 Å². The summed E-state index contributed by atoms with van der Waals surface area (Å²) < 4.78 is 1.53. The topological polar surface area (TPSA) is 75.3 Å². The van der Waals surface area contributed by atoms with Gasteiger partial charge in [0.25, 0.3) is 0 Å². The SMILES string of the molecule is Cc1nc2ccc(NC[C@@H]3CCC[C@H]3O)nn2n1. The van der Waals surface area contributed by atoms with Crippen molar-refractivity contribution in [3.05, 3.63) is 18.0 Å². The molecule has 0 bridgehead atoms. The van der Waals surface area contributed by atoms with E-state index in [2.05, 4.69) is 20.5 Å². The van der Waals surface area contributed by atoms with E-state index >= 15 is 0 Å². The minimum atomic E-state index is -0.171. The van der Waals surface area contributed by atoms with Crippen LogP contribution in [0.15, 0.2) is 12.1 Å². The first kappa shape index (κ1) is 11.4. The van der Waals surface area contributed by atoms with Crippen LogP contribution < -0.4 is 5.32 Å². The molecule has 0 saturated heterocycles. The summed E-state index contributed by atoms with van der Waals surface area (Å²) in [6, 6.07) is 3.78. The van der Waals surface area contributed by atoms with Gasteiger partial charge in [0, 0.05) is 12.5 Å². The molecule has 0 aromatic carbocycles. The van der Waals surface area contributed by atoms with Gasteiger partial charge in [-0.25, -0.2) is 4.98 Å². The summed E-state index contributed by atoms with van der Waals surface area (Å²) in [4.78, 5) is 4.23. The predicted octanol–water partition coefficient (Wildman–Crippen LogP) is 1.01. The number of fused-ring (bicyclic) bond motifs is 1. The van der Waals surface area contributed by atoms with Crippen LogP contribution in [-0.4, -0.2) is 37.6 Å². The summed E-state index contributed by atoms with van der Waals surface area (Å²) >= 11 is 0. The van der Waals surface area contributed by atoms with Crippen molar-refractivity contribution >= 4 is 11.5 Å². The van der Waals surface area contributed by atoms with Gasteiger partial charge in [0.1, 0.15) is 11.6 Å². The molecule has 1 aliphatic rings. The van der Waals surface area contributed by atoms with Crippen LogP contribution in [0.4, 0.5) is 5.82 Å². The molecular weight excluding hydrogens is 230 g/mol. The van der Waals surface area contributed by atoms with Crippen molar-refractivity contribution in [1.82, 2.24) is 19.8 Å². The molecule has 0 radical (unpaired) electrons.